The summed E-state index contributed by atoms with van der Waals surface area (Å²) in [7, 11) is 3.28. The zero-order valence-electron chi connectivity index (χ0n) is 16.1. The van der Waals surface area contributed by atoms with E-state index in [1.807, 2.05) is 6.92 Å². The molecule has 0 aliphatic heterocycles. The van der Waals surface area contributed by atoms with E-state index in [4.69, 9.17) is 10.7 Å². The molecule has 0 aliphatic rings. The van der Waals surface area contributed by atoms with Crippen molar-refractivity contribution in [3.8, 4) is 0 Å². The molecule has 136 valence electrons. The fourth-order valence-electron chi connectivity index (χ4n) is 2.72. The number of rotatable bonds is 7. The maximum absolute atomic E-state index is 6.07. The number of fused-ring (bicyclic) bond motifs is 1. The number of hydroxylamine groups is 1. The lowest BCUT2D eigenvalue weighted by Gasteiger charge is -2.11. The van der Waals surface area contributed by atoms with Gasteiger partial charge in [-0.2, -0.15) is 0 Å². The highest BCUT2D eigenvalue weighted by atomic mass is 16.6. The molecule has 2 rings (SSSR count). The largest absolute Gasteiger partial charge is 0.382 e. The Kier molecular flexibility index (Phi) is 8.71. The van der Waals surface area contributed by atoms with Gasteiger partial charge in [0, 0.05) is 25.7 Å². The van der Waals surface area contributed by atoms with Crippen molar-refractivity contribution in [1.82, 2.24) is 20.0 Å². The minimum absolute atomic E-state index is 0.565. The van der Waals surface area contributed by atoms with Gasteiger partial charge in [-0.1, -0.05) is 26.7 Å². The van der Waals surface area contributed by atoms with Crippen molar-refractivity contribution in [3.05, 3.63) is 17.1 Å². The molecule has 0 radical (unpaired) electrons. The molecule has 0 amide bonds. The predicted molar refractivity (Wildman–Crippen MR) is 101 cm³/mol. The van der Waals surface area contributed by atoms with Crippen molar-refractivity contribution in [2.24, 2.45) is 0 Å². The van der Waals surface area contributed by atoms with Crippen molar-refractivity contribution >= 4 is 16.9 Å². The molecule has 2 aromatic rings. The second-order valence-corrected chi connectivity index (χ2v) is 5.95. The summed E-state index contributed by atoms with van der Waals surface area (Å²) in [5.41, 5.74) is 12.8. The van der Waals surface area contributed by atoms with Gasteiger partial charge in [0.25, 0.3) is 0 Å². The van der Waals surface area contributed by atoms with Crippen molar-refractivity contribution < 1.29 is 4.84 Å². The lowest BCUT2D eigenvalue weighted by Crippen LogP contribution is -2.06. The second kappa shape index (κ2) is 10.3. The molecule has 0 bridgehead atoms. The number of nitrogens with one attached hydrogen (secondary N) is 1. The van der Waals surface area contributed by atoms with Crippen molar-refractivity contribution in [2.45, 2.75) is 66.3 Å². The number of nitrogens with zero attached hydrogens (tertiary/aromatic N) is 3. The molecule has 0 saturated carbocycles. The Morgan fingerprint density at radius 3 is 2.33 bits per heavy atom. The van der Waals surface area contributed by atoms with Gasteiger partial charge in [-0.15, -0.1) is 0 Å². The fourth-order valence-corrected chi connectivity index (χ4v) is 2.72. The molecule has 0 atom stereocenters. The second-order valence-electron chi connectivity index (χ2n) is 5.95. The normalized spacial score (nSPS) is 10.8. The number of anilines is 1. The maximum Gasteiger partial charge on any atom is 0.151 e. The highest BCUT2D eigenvalue weighted by Crippen LogP contribution is 2.27. The molecule has 0 aliphatic carbocycles. The van der Waals surface area contributed by atoms with Crippen LogP contribution in [0.4, 0.5) is 5.82 Å². The minimum atomic E-state index is 0.565. The summed E-state index contributed by atoms with van der Waals surface area (Å²) in [6, 6.07) is 0. The third-order valence-electron chi connectivity index (χ3n) is 4.14. The average molecular weight is 335 g/mol. The summed E-state index contributed by atoms with van der Waals surface area (Å²) in [5.74, 6) is 1.72. The van der Waals surface area contributed by atoms with Gasteiger partial charge in [0.1, 0.15) is 11.3 Å². The van der Waals surface area contributed by atoms with Crippen LogP contribution < -0.4 is 11.2 Å². The molecule has 0 spiro atoms. The first-order valence-corrected chi connectivity index (χ1v) is 8.83. The first kappa shape index (κ1) is 20.4. The SMILES string of the molecule is CCCCCn1c(CCC)nc2c(N)nc(C)c(C)c21.CNOC. The Morgan fingerprint density at radius 2 is 1.79 bits per heavy atom. The molecule has 2 aromatic heterocycles. The minimum Gasteiger partial charge on any atom is -0.382 e. The molecule has 0 saturated heterocycles. The predicted octanol–water partition coefficient (Wildman–Crippen LogP) is 3.54. The zero-order chi connectivity index (χ0) is 18.1. The van der Waals surface area contributed by atoms with Crippen LogP contribution in [-0.4, -0.2) is 28.7 Å². The van der Waals surface area contributed by atoms with E-state index in [0.29, 0.717) is 5.82 Å². The molecular formula is C18H33N5O. The molecule has 0 aromatic carbocycles. The lowest BCUT2D eigenvalue weighted by molar-refractivity contribution is 0.112. The van der Waals surface area contributed by atoms with Gasteiger partial charge in [0.15, 0.2) is 5.82 Å². The first-order chi connectivity index (χ1) is 11.5. The molecule has 2 heterocycles. The molecule has 0 fully saturated rings. The molecular weight excluding hydrogens is 302 g/mol. The number of imidazole rings is 1. The van der Waals surface area contributed by atoms with Crippen LogP contribution in [0, 0.1) is 13.8 Å². The number of nitrogens with two attached hydrogens (primary N) is 1. The fraction of sp³-hybridized carbons (Fsp3) is 0.667. The summed E-state index contributed by atoms with van der Waals surface area (Å²) in [6.45, 7) is 9.60. The molecule has 3 N–H and O–H groups in total. The van der Waals surface area contributed by atoms with E-state index in [1.165, 1.54) is 30.3 Å². The van der Waals surface area contributed by atoms with Crippen molar-refractivity contribution in [2.75, 3.05) is 19.9 Å². The van der Waals surface area contributed by atoms with E-state index < -0.39 is 0 Å². The Bertz CT molecular complexity index is 634. The molecule has 6 heteroatoms. The van der Waals surface area contributed by atoms with Crippen LogP contribution in [0.2, 0.25) is 0 Å². The quantitative estimate of drug-likeness (QED) is 0.598. The van der Waals surface area contributed by atoms with Crippen molar-refractivity contribution in [3.63, 3.8) is 0 Å². The highest BCUT2D eigenvalue weighted by molar-refractivity contribution is 5.88. The van der Waals surface area contributed by atoms with Crippen molar-refractivity contribution in [1.29, 1.82) is 0 Å². The first-order valence-electron chi connectivity index (χ1n) is 8.83. The van der Waals surface area contributed by atoms with Crippen LogP contribution in [0.3, 0.4) is 0 Å². The molecule has 6 nitrogen and oxygen atoms in total. The summed E-state index contributed by atoms with van der Waals surface area (Å²) in [4.78, 5) is 13.5. The number of pyridine rings is 1. The number of hydrogen-bond donors (Lipinski definition) is 2. The van der Waals surface area contributed by atoms with E-state index in [2.05, 4.69) is 40.6 Å². The summed E-state index contributed by atoms with van der Waals surface area (Å²) < 4.78 is 2.37. The monoisotopic (exact) mass is 335 g/mol. The van der Waals surface area contributed by atoms with Crippen LogP contribution in [0.1, 0.15) is 56.6 Å². The zero-order valence-corrected chi connectivity index (χ0v) is 16.1. The Hall–Kier alpha value is -1.66. The maximum atomic E-state index is 6.07. The summed E-state index contributed by atoms with van der Waals surface area (Å²) in [5, 5.41) is 0. The number of unbranched alkanes of at least 4 members (excludes halogenated alkanes) is 2. The van der Waals surface area contributed by atoms with E-state index in [9.17, 15) is 0 Å². The van der Waals surface area contributed by atoms with Gasteiger partial charge >= 0.3 is 0 Å². The van der Waals surface area contributed by atoms with Crippen LogP contribution >= 0.6 is 0 Å². The highest BCUT2D eigenvalue weighted by Gasteiger charge is 2.16. The lowest BCUT2D eigenvalue weighted by atomic mass is 10.2. The number of nitrogen functional groups attached to an aromatic ring is 1. The van der Waals surface area contributed by atoms with Gasteiger partial charge < -0.3 is 15.1 Å². The molecule has 24 heavy (non-hydrogen) atoms. The smallest absolute Gasteiger partial charge is 0.151 e. The number of hydrogen-bond acceptors (Lipinski definition) is 5. The van der Waals surface area contributed by atoms with Gasteiger partial charge in [0.2, 0.25) is 0 Å². The topological polar surface area (TPSA) is 78.0 Å². The van der Waals surface area contributed by atoms with Gasteiger partial charge in [-0.25, -0.2) is 15.4 Å². The Morgan fingerprint density at radius 1 is 1.12 bits per heavy atom. The van der Waals surface area contributed by atoms with E-state index in [-0.39, 0.29) is 0 Å². The van der Waals surface area contributed by atoms with Gasteiger partial charge in [-0.05, 0) is 32.3 Å². The summed E-state index contributed by atoms with van der Waals surface area (Å²) >= 11 is 0. The van der Waals surface area contributed by atoms with Crippen LogP contribution in [-0.2, 0) is 17.8 Å². The number of aryl methyl sites for hydroxylation is 4. The van der Waals surface area contributed by atoms with E-state index in [0.717, 1.165) is 36.4 Å². The third kappa shape index (κ3) is 4.92. The standard InChI is InChI=1S/C16H26N4.C2H7NO/c1-5-7-8-10-20-13(9-6-2)19-14-15(20)11(3)12(4)18-16(14)17;1-3-4-2/h5-10H2,1-4H3,(H2,17,18);3H,1-2H3. The average Bonchev–Trinajstić information content (AvgIpc) is 2.93. The van der Waals surface area contributed by atoms with Crippen LogP contribution in [0.5, 0.6) is 0 Å². The third-order valence-corrected chi connectivity index (χ3v) is 4.14. The number of aromatic nitrogens is 3. The van der Waals surface area contributed by atoms with E-state index >= 15 is 0 Å². The Balaban J connectivity index is 0.000000648. The van der Waals surface area contributed by atoms with Crippen LogP contribution in [0.25, 0.3) is 11.0 Å². The van der Waals surface area contributed by atoms with Gasteiger partial charge in [0.05, 0.1) is 12.6 Å². The van der Waals surface area contributed by atoms with E-state index in [1.54, 1.807) is 14.2 Å². The summed E-state index contributed by atoms with van der Waals surface area (Å²) in [6.07, 6.45) is 5.78. The molecule has 0 unspecified atom stereocenters. The Labute approximate surface area is 145 Å². The van der Waals surface area contributed by atoms with Gasteiger partial charge in [-0.3, -0.25) is 0 Å². The van der Waals surface area contributed by atoms with Crippen LogP contribution in [0.15, 0.2) is 0 Å².